The van der Waals surface area contributed by atoms with Gasteiger partial charge < -0.3 is 15.5 Å². The number of benzene rings is 1. The molecule has 2 heterocycles. The first-order chi connectivity index (χ1) is 13.1. The summed E-state index contributed by atoms with van der Waals surface area (Å²) in [5, 5.41) is 9.79. The summed E-state index contributed by atoms with van der Waals surface area (Å²) in [6, 6.07) is 8.13. The van der Waals surface area contributed by atoms with Crippen molar-refractivity contribution < 1.29 is 4.79 Å². The number of aliphatic imine (C=N–C) groups is 1. The van der Waals surface area contributed by atoms with Crippen LogP contribution in [0.5, 0.6) is 0 Å². The topological polar surface area (TPSA) is 69.6 Å². The summed E-state index contributed by atoms with van der Waals surface area (Å²) in [5.74, 6) is 1.41. The van der Waals surface area contributed by atoms with Crippen molar-refractivity contribution in [1.82, 2.24) is 15.6 Å². The molecule has 1 amide bonds. The van der Waals surface area contributed by atoms with E-state index in [1.54, 1.807) is 18.4 Å². The Morgan fingerprint density at radius 3 is 2.59 bits per heavy atom. The number of hydrogen-bond acceptors (Lipinski definition) is 4. The molecule has 1 fully saturated rings. The van der Waals surface area contributed by atoms with Crippen molar-refractivity contribution in [1.29, 1.82) is 0 Å². The summed E-state index contributed by atoms with van der Waals surface area (Å²) in [5.41, 5.74) is 3.26. The smallest absolute Gasteiger partial charge is 0.227 e. The second kappa shape index (κ2) is 8.99. The molecule has 6 nitrogen and oxygen atoms in total. The average Bonchev–Trinajstić information content (AvgIpc) is 3.31. The highest BCUT2D eigenvalue weighted by atomic mass is 32.1. The molecule has 144 valence electrons. The van der Waals surface area contributed by atoms with Crippen LogP contribution in [0.25, 0.3) is 0 Å². The normalized spacial score (nSPS) is 14.9. The van der Waals surface area contributed by atoms with Crippen LogP contribution in [0.4, 0.5) is 5.69 Å². The van der Waals surface area contributed by atoms with Gasteiger partial charge in [0.05, 0.1) is 12.2 Å². The summed E-state index contributed by atoms with van der Waals surface area (Å²) in [4.78, 5) is 22.6. The molecule has 0 unspecified atom stereocenters. The maximum atomic E-state index is 11.8. The summed E-state index contributed by atoms with van der Waals surface area (Å²) in [6.45, 7) is 6.45. The molecule has 1 aromatic heterocycles. The number of amides is 1. The van der Waals surface area contributed by atoms with Crippen molar-refractivity contribution in [3.05, 3.63) is 45.9 Å². The molecule has 0 radical (unpaired) electrons. The minimum Gasteiger partial charge on any atom is -0.352 e. The molecule has 0 atom stereocenters. The van der Waals surface area contributed by atoms with Crippen LogP contribution in [0.2, 0.25) is 0 Å². The van der Waals surface area contributed by atoms with E-state index in [1.807, 2.05) is 17.0 Å². The third-order valence-corrected chi connectivity index (χ3v) is 5.44. The minimum atomic E-state index is 0.216. The van der Waals surface area contributed by atoms with Gasteiger partial charge in [-0.25, -0.2) is 4.98 Å². The third kappa shape index (κ3) is 5.07. The lowest BCUT2D eigenvalue weighted by Gasteiger charge is -2.16. The number of rotatable bonds is 6. The van der Waals surface area contributed by atoms with Crippen LogP contribution in [-0.4, -0.2) is 30.4 Å². The standard InChI is InChI=1S/C20H27N5OS/c1-14(2)17-13-27-18(24-17)12-23-20(21-3)22-11-15-6-8-16(9-7-15)25-10-4-5-19(25)26/h6-9,13-14H,4-5,10-12H2,1-3H3,(H2,21,22,23). The molecule has 0 saturated carbocycles. The molecular weight excluding hydrogens is 358 g/mol. The quantitative estimate of drug-likeness (QED) is 0.592. The van der Waals surface area contributed by atoms with E-state index < -0.39 is 0 Å². The van der Waals surface area contributed by atoms with E-state index in [4.69, 9.17) is 0 Å². The highest BCUT2D eigenvalue weighted by molar-refractivity contribution is 7.09. The molecule has 27 heavy (non-hydrogen) atoms. The van der Waals surface area contributed by atoms with E-state index in [-0.39, 0.29) is 5.91 Å². The summed E-state index contributed by atoms with van der Waals surface area (Å²) in [7, 11) is 1.76. The SMILES string of the molecule is CN=C(NCc1ccc(N2CCCC2=O)cc1)NCc1nc(C(C)C)cs1. The second-order valence-electron chi connectivity index (χ2n) is 6.92. The van der Waals surface area contributed by atoms with E-state index in [0.29, 0.717) is 25.4 Å². The highest BCUT2D eigenvalue weighted by Crippen LogP contribution is 2.21. The first-order valence-corrected chi connectivity index (χ1v) is 10.2. The van der Waals surface area contributed by atoms with Crippen LogP contribution >= 0.6 is 11.3 Å². The van der Waals surface area contributed by atoms with Gasteiger partial charge in [0.15, 0.2) is 5.96 Å². The van der Waals surface area contributed by atoms with E-state index in [1.165, 1.54) is 0 Å². The molecule has 3 rings (SSSR count). The van der Waals surface area contributed by atoms with Gasteiger partial charge in [-0.05, 0) is 30.0 Å². The first kappa shape index (κ1) is 19.4. The van der Waals surface area contributed by atoms with Crippen LogP contribution in [0.15, 0.2) is 34.6 Å². The molecule has 1 aromatic carbocycles. The molecule has 1 aliphatic heterocycles. The zero-order chi connectivity index (χ0) is 19.2. The molecule has 7 heteroatoms. The Kier molecular flexibility index (Phi) is 6.45. The molecule has 1 aliphatic rings. The fourth-order valence-corrected chi connectivity index (χ4v) is 3.85. The van der Waals surface area contributed by atoms with Gasteiger partial charge in [0, 0.05) is 37.6 Å². The van der Waals surface area contributed by atoms with Crippen LogP contribution in [0.3, 0.4) is 0 Å². The fourth-order valence-electron chi connectivity index (χ4n) is 2.95. The molecular formula is C20H27N5OS. The van der Waals surface area contributed by atoms with Gasteiger partial charge in [-0.2, -0.15) is 0 Å². The maximum Gasteiger partial charge on any atom is 0.227 e. The predicted octanol–water partition coefficient (Wildman–Crippen LogP) is 3.26. The zero-order valence-corrected chi connectivity index (χ0v) is 17.0. The molecule has 0 spiro atoms. The van der Waals surface area contributed by atoms with E-state index in [9.17, 15) is 4.79 Å². The minimum absolute atomic E-state index is 0.216. The summed E-state index contributed by atoms with van der Waals surface area (Å²) in [6.07, 6.45) is 1.60. The first-order valence-electron chi connectivity index (χ1n) is 9.35. The van der Waals surface area contributed by atoms with Crippen molar-refractivity contribution >= 4 is 28.9 Å². The van der Waals surface area contributed by atoms with Crippen molar-refractivity contribution in [3.8, 4) is 0 Å². The lowest BCUT2D eigenvalue weighted by Crippen LogP contribution is -2.36. The van der Waals surface area contributed by atoms with Crippen molar-refractivity contribution in [2.45, 2.75) is 45.7 Å². The highest BCUT2D eigenvalue weighted by Gasteiger charge is 2.21. The molecule has 0 aliphatic carbocycles. The Morgan fingerprint density at radius 2 is 2.00 bits per heavy atom. The second-order valence-corrected chi connectivity index (χ2v) is 7.86. The number of guanidine groups is 1. The van der Waals surface area contributed by atoms with Crippen LogP contribution in [0.1, 0.15) is 48.9 Å². The number of hydrogen-bond donors (Lipinski definition) is 2. The van der Waals surface area contributed by atoms with Gasteiger partial charge in [0.2, 0.25) is 5.91 Å². The van der Waals surface area contributed by atoms with Crippen LogP contribution < -0.4 is 15.5 Å². The van der Waals surface area contributed by atoms with E-state index in [2.05, 4.69) is 52.0 Å². The van der Waals surface area contributed by atoms with Crippen molar-refractivity contribution in [3.63, 3.8) is 0 Å². The Balaban J connectivity index is 1.49. The lowest BCUT2D eigenvalue weighted by molar-refractivity contribution is -0.117. The van der Waals surface area contributed by atoms with Gasteiger partial charge in [-0.3, -0.25) is 9.79 Å². The Morgan fingerprint density at radius 1 is 1.26 bits per heavy atom. The average molecular weight is 386 g/mol. The number of anilines is 1. The third-order valence-electron chi connectivity index (χ3n) is 4.57. The Labute approximate surface area is 164 Å². The van der Waals surface area contributed by atoms with Crippen molar-refractivity contribution in [2.75, 3.05) is 18.5 Å². The Hall–Kier alpha value is -2.41. The number of nitrogens with one attached hydrogen (secondary N) is 2. The number of carbonyl (C=O) groups is 1. The predicted molar refractivity (Wildman–Crippen MR) is 111 cm³/mol. The van der Waals surface area contributed by atoms with Gasteiger partial charge in [-0.1, -0.05) is 26.0 Å². The largest absolute Gasteiger partial charge is 0.352 e. The molecule has 0 bridgehead atoms. The number of carbonyl (C=O) groups excluding carboxylic acids is 1. The van der Waals surface area contributed by atoms with Gasteiger partial charge in [-0.15, -0.1) is 11.3 Å². The summed E-state index contributed by atoms with van der Waals surface area (Å²) >= 11 is 1.67. The van der Waals surface area contributed by atoms with Gasteiger partial charge in [0.1, 0.15) is 5.01 Å². The van der Waals surface area contributed by atoms with Crippen molar-refractivity contribution in [2.24, 2.45) is 4.99 Å². The fraction of sp³-hybridized carbons (Fsp3) is 0.450. The van der Waals surface area contributed by atoms with Gasteiger partial charge >= 0.3 is 0 Å². The lowest BCUT2D eigenvalue weighted by atomic mass is 10.2. The monoisotopic (exact) mass is 385 g/mol. The molecule has 1 saturated heterocycles. The number of thiazole rings is 1. The van der Waals surface area contributed by atoms with Gasteiger partial charge in [0.25, 0.3) is 0 Å². The summed E-state index contributed by atoms with van der Waals surface area (Å²) < 4.78 is 0. The Bertz CT molecular complexity index is 797. The van der Waals surface area contributed by atoms with E-state index in [0.717, 1.165) is 40.9 Å². The number of aromatic nitrogens is 1. The van der Waals surface area contributed by atoms with Crippen LogP contribution in [0, 0.1) is 0 Å². The van der Waals surface area contributed by atoms with E-state index >= 15 is 0 Å². The van der Waals surface area contributed by atoms with Crippen LogP contribution in [-0.2, 0) is 17.9 Å². The molecule has 2 N–H and O–H groups in total. The number of nitrogens with zero attached hydrogens (tertiary/aromatic N) is 3. The zero-order valence-electron chi connectivity index (χ0n) is 16.2. The maximum absolute atomic E-state index is 11.8. The molecule has 2 aromatic rings.